The SMILES string of the molecule is CNC(=O)[C@@H](CC(=O)c1nc(-c2cccc3ccccc23)n2c1CN(C)CCC2)C(C)(C)C. The molecule has 0 radical (unpaired) electrons. The summed E-state index contributed by atoms with van der Waals surface area (Å²) >= 11 is 0. The Labute approximate surface area is 196 Å². The van der Waals surface area contributed by atoms with Crippen molar-refractivity contribution in [3.63, 3.8) is 0 Å². The average molecular weight is 447 g/mol. The second kappa shape index (κ2) is 9.10. The summed E-state index contributed by atoms with van der Waals surface area (Å²) in [6.07, 6.45) is 1.14. The van der Waals surface area contributed by atoms with E-state index in [-0.39, 0.29) is 23.5 Å². The maximum absolute atomic E-state index is 13.6. The van der Waals surface area contributed by atoms with Crippen LogP contribution in [0.1, 0.15) is 49.8 Å². The predicted octanol–water partition coefficient (Wildman–Crippen LogP) is 4.52. The lowest BCUT2D eigenvalue weighted by Crippen LogP contribution is -2.37. The van der Waals surface area contributed by atoms with Gasteiger partial charge in [0.1, 0.15) is 11.5 Å². The van der Waals surface area contributed by atoms with Crippen LogP contribution in [0.25, 0.3) is 22.2 Å². The van der Waals surface area contributed by atoms with Crippen LogP contribution < -0.4 is 5.32 Å². The lowest BCUT2D eigenvalue weighted by molar-refractivity contribution is -0.127. The summed E-state index contributed by atoms with van der Waals surface area (Å²) in [5.74, 6) is 0.251. The largest absolute Gasteiger partial charge is 0.359 e. The number of carbonyl (C=O) groups is 2. The third-order valence-corrected chi connectivity index (χ3v) is 6.71. The summed E-state index contributed by atoms with van der Waals surface area (Å²) in [5.41, 5.74) is 2.16. The molecule has 1 atom stereocenters. The number of rotatable bonds is 5. The molecule has 0 fully saturated rings. The lowest BCUT2D eigenvalue weighted by Gasteiger charge is -2.28. The Morgan fingerprint density at radius 2 is 1.82 bits per heavy atom. The number of amides is 1. The molecule has 4 rings (SSSR count). The van der Waals surface area contributed by atoms with Crippen molar-refractivity contribution in [2.45, 2.75) is 46.7 Å². The lowest BCUT2D eigenvalue weighted by atomic mass is 9.77. The van der Waals surface area contributed by atoms with Crippen LogP contribution in [-0.4, -0.2) is 46.8 Å². The van der Waals surface area contributed by atoms with Gasteiger partial charge in [-0.25, -0.2) is 4.98 Å². The van der Waals surface area contributed by atoms with Crippen molar-refractivity contribution in [3.05, 3.63) is 53.9 Å². The maximum atomic E-state index is 13.6. The van der Waals surface area contributed by atoms with E-state index >= 15 is 0 Å². The Bertz CT molecular complexity index is 1180. The molecule has 1 aromatic heterocycles. The maximum Gasteiger partial charge on any atom is 0.223 e. The summed E-state index contributed by atoms with van der Waals surface area (Å²) in [5, 5.41) is 5.01. The quantitative estimate of drug-likeness (QED) is 0.585. The molecule has 0 spiro atoms. The van der Waals surface area contributed by atoms with E-state index in [9.17, 15) is 9.59 Å². The van der Waals surface area contributed by atoms with Gasteiger partial charge in [0.05, 0.1) is 11.6 Å². The molecular weight excluding hydrogens is 412 g/mol. The van der Waals surface area contributed by atoms with Crippen molar-refractivity contribution in [1.29, 1.82) is 0 Å². The molecule has 1 aliphatic rings. The molecule has 0 saturated heterocycles. The van der Waals surface area contributed by atoms with E-state index in [1.807, 2.05) is 39.0 Å². The van der Waals surface area contributed by atoms with Crippen LogP contribution in [0.15, 0.2) is 42.5 Å². The molecule has 0 bridgehead atoms. The van der Waals surface area contributed by atoms with Crippen LogP contribution in [0.3, 0.4) is 0 Å². The second-order valence-electron chi connectivity index (χ2n) is 10.2. The molecule has 174 valence electrons. The van der Waals surface area contributed by atoms with Gasteiger partial charge in [0.15, 0.2) is 5.78 Å². The molecule has 0 unspecified atom stereocenters. The summed E-state index contributed by atoms with van der Waals surface area (Å²) in [6, 6.07) is 14.5. The number of carbonyl (C=O) groups excluding carboxylic acids is 2. The summed E-state index contributed by atoms with van der Waals surface area (Å²) in [6.45, 7) is 8.46. The fraction of sp³-hybridized carbons (Fsp3) is 0.444. The van der Waals surface area contributed by atoms with Crippen molar-refractivity contribution in [1.82, 2.24) is 19.8 Å². The monoisotopic (exact) mass is 446 g/mol. The number of hydrogen-bond donors (Lipinski definition) is 1. The molecule has 2 aromatic carbocycles. The number of imidazole rings is 1. The summed E-state index contributed by atoms with van der Waals surface area (Å²) in [4.78, 5) is 33.4. The van der Waals surface area contributed by atoms with Crippen LogP contribution in [0, 0.1) is 11.3 Å². The van der Waals surface area contributed by atoms with Crippen molar-refractivity contribution in [2.75, 3.05) is 20.6 Å². The van der Waals surface area contributed by atoms with Crippen LogP contribution in [-0.2, 0) is 17.9 Å². The summed E-state index contributed by atoms with van der Waals surface area (Å²) < 4.78 is 2.23. The number of benzene rings is 2. The normalized spacial score (nSPS) is 15.7. The fourth-order valence-corrected chi connectivity index (χ4v) is 4.82. The number of Topliss-reactive ketones (excluding diaryl/α,β-unsaturated/α-hetero) is 1. The Morgan fingerprint density at radius 3 is 2.55 bits per heavy atom. The Morgan fingerprint density at radius 1 is 1.09 bits per heavy atom. The van der Waals surface area contributed by atoms with Gasteiger partial charge < -0.3 is 14.8 Å². The molecule has 0 aliphatic carbocycles. The summed E-state index contributed by atoms with van der Waals surface area (Å²) in [7, 11) is 3.71. The first-order chi connectivity index (χ1) is 15.7. The van der Waals surface area contributed by atoms with E-state index in [1.165, 1.54) is 0 Å². The van der Waals surface area contributed by atoms with Crippen molar-refractivity contribution in [3.8, 4) is 11.4 Å². The zero-order chi connectivity index (χ0) is 23.8. The van der Waals surface area contributed by atoms with E-state index < -0.39 is 5.92 Å². The Balaban J connectivity index is 1.83. The van der Waals surface area contributed by atoms with E-state index in [1.54, 1.807) is 7.05 Å². The average Bonchev–Trinajstić information content (AvgIpc) is 3.01. The molecule has 33 heavy (non-hydrogen) atoms. The van der Waals surface area contributed by atoms with Gasteiger partial charge in [-0.3, -0.25) is 9.59 Å². The molecule has 2 heterocycles. The molecule has 3 aromatic rings. The highest BCUT2D eigenvalue weighted by Gasteiger charge is 2.35. The number of nitrogens with zero attached hydrogens (tertiary/aromatic N) is 3. The highest BCUT2D eigenvalue weighted by atomic mass is 16.2. The van der Waals surface area contributed by atoms with Gasteiger partial charge in [0, 0.05) is 32.1 Å². The minimum absolute atomic E-state index is 0.0657. The van der Waals surface area contributed by atoms with Gasteiger partial charge in [0.25, 0.3) is 0 Å². The minimum atomic E-state index is -0.420. The van der Waals surface area contributed by atoms with Crippen molar-refractivity contribution >= 4 is 22.5 Å². The number of fused-ring (bicyclic) bond motifs is 2. The van der Waals surface area contributed by atoms with E-state index in [2.05, 4.69) is 46.1 Å². The molecule has 6 heteroatoms. The zero-order valence-electron chi connectivity index (χ0n) is 20.3. The van der Waals surface area contributed by atoms with Gasteiger partial charge in [-0.1, -0.05) is 63.2 Å². The molecule has 1 N–H and O–H groups in total. The molecular formula is C27H34N4O2. The number of nitrogens with one attached hydrogen (secondary N) is 1. The van der Waals surface area contributed by atoms with Crippen LogP contribution in [0.4, 0.5) is 0 Å². The van der Waals surface area contributed by atoms with Gasteiger partial charge in [-0.15, -0.1) is 0 Å². The highest BCUT2D eigenvalue weighted by Crippen LogP contribution is 2.34. The van der Waals surface area contributed by atoms with Crippen LogP contribution >= 0.6 is 0 Å². The predicted molar refractivity (Wildman–Crippen MR) is 132 cm³/mol. The minimum Gasteiger partial charge on any atom is -0.359 e. The zero-order valence-corrected chi connectivity index (χ0v) is 20.3. The van der Waals surface area contributed by atoms with E-state index in [0.717, 1.165) is 47.4 Å². The van der Waals surface area contributed by atoms with Gasteiger partial charge >= 0.3 is 0 Å². The molecule has 1 amide bonds. The fourth-order valence-electron chi connectivity index (χ4n) is 4.82. The van der Waals surface area contributed by atoms with E-state index in [4.69, 9.17) is 4.98 Å². The smallest absolute Gasteiger partial charge is 0.223 e. The number of ketones is 1. The third-order valence-electron chi connectivity index (χ3n) is 6.71. The first kappa shape index (κ1) is 23.2. The highest BCUT2D eigenvalue weighted by molar-refractivity contribution is 6.00. The van der Waals surface area contributed by atoms with Gasteiger partial charge in [0.2, 0.25) is 5.91 Å². The van der Waals surface area contributed by atoms with Gasteiger partial charge in [-0.2, -0.15) is 0 Å². The Hall–Kier alpha value is -2.99. The number of aromatic nitrogens is 2. The topological polar surface area (TPSA) is 67.2 Å². The third kappa shape index (κ3) is 4.58. The Kier molecular flexibility index (Phi) is 6.39. The number of hydrogen-bond acceptors (Lipinski definition) is 4. The van der Waals surface area contributed by atoms with Crippen LogP contribution in [0.2, 0.25) is 0 Å². The standard InChI is InChI=1S/C27H34N4O2/c1-27(2,3)21(26(33)28-4)16-23(32)24-22-17-30(5)14-9-15-31(22)25(29-24)20-13-8-11-18-10-6-7-12-19(18)20/h6-8,10-13,21H,9,14-17H2,1-5H3,(H,28,33)/t21-/m1/s1. The molecule has 1 aliphatic heterocycles. The van der Waals surface area contributed by atoms with Crippen molar-refractivity contribution in [2.24, 2.45) is 11.3 Å². The van der Waals surface area contributed by atoms with E-state index in [0.29, 0.717) is 12.2 Å². The first-order valence-corrected chi connectivity index (χ1v) is 11.7. The second-order valence-corrected chi connectivity index (χ2v) is 10.2. The molecule has 0 saturated carbocycles. The first-order valence-electron chi connectivity index (χ1n) is 11.7. The van der Waals surface area contributed by atoms with Crippen molar-refractivity contribution < 1.29 is 9.59 Å². The van der Waals surface area contributed by atoms with Crippen LogP contribution in [0.5, 0.6) is 0 Å². The molecule has 6 nitrogen and oxygen atoms in total. The van der Waals surface area contributed by atoms with Gasteiger partial charge in [-0.05, 0) is 36.2 Å².